The van der Waals surface area contributed by atoms with Crippen LogP contribution in [0.1, 0.15) is 156 Å². The van der Waals surface area contributed by atoms with Crippen LogP contribution in [0, 0.1) is 47.3 Å². The highest BCUT2D eigenvalue weighted by molar-refractivity contribution is 5.15. The van der Waals surface area contributed by atoms with Crippen molar-refractivity contribution in [2.75, 3.05) is 13.2 Å². The maximum atomic E-state index is 6.47. The van der Waals surface area contributed by atoms with Crippen molar-refractivity contribution in [2.24, 2.45) is 47.3 Å². The minimum atomic E-state index is 0.838. The summed E-state index contributed by atoms with van der Waals surface area (Å²) in [5, 5.41) is 0. The van der Waals surface area contributed by atoms with Gasteiger partial charge in [0, 0.05) is 0 Å². The summed E-state index contributed by atoms with van der Waals surface area (Å²) < 4.78 is 6.47. The largest absolute Gasteiger partial charge is 0.373 e. The van der Waals surface area contributed by atoms with Gasteiger partial charge in [-0.3, -0.25) is 0 Å². The van der Waals surface area contributed by atoms with Crippen molar-refractivity contribution in [3.8, 4) is 0 Å². The maximum absolute atomic E-state index is 6.47. The van der Waals surface area contributed by atoms with Crippen LogP contribution in [0.5, 0.6) is 0 Å². The van der Waals surface area contributed by atoms with E-state index in [2.05, 4.69) is 39.8 Å². The second-order valence-corrected chi connectivity index (χ2v) is 14.9. The molecule has 0 spiro atoms. The summed E-state index contributed by atoms with van der Waals surface area (Å²) in [6.07, 6.45) is 33.8. The molecule has 0 heterocycles. The second-order valence-electron chi connectivity index (χ2n) is 14.9. The van der Waals surface area contributed by atoms with Crippen molar-refractivity contribution in [1.82, 2.24) is 0 Å². The zero-order valence-electron chi connectivity index (χ0n) is 26.7. The van der Waals surface area contributed by atoms with Crippen LogP contribution >= 0.6 is 0 Å². The molecule has 0 amide bonds. The Bertz CT molecular complexity index is 654. The fourth-order valence-electron chi connectivity index (χ4n) is 9.28. The Morgan fingerprint density at radius 2 is 0.795 bits per heavy atom. The second kappa shape index (κ2) is 16.8. The molecule has 0 saturated heterocycles. The van der Waals surface area contributed by atoms with E-state index < -0.39 is 0 Å². The molecule has 4 aliphatic rings. The van der Waals surface area contributed by atoms with Crippen LogP contribution < -0.4 is 0 Å². The summed E-state index contributed by atoms with van der Waals surface area (Å²) in [7, 11) is 0. The normalized spacial score (nSPS) is 37.1. The monoisotopic (exact) mass is 539 g/mol. The first-order valence-corrected chi connectivity index (χ1v) is 18.0. The predicted octanol–water partition coefficient (Wildman–Crippen LogP) is 11.7. The van der Waals surface area contributed by atoms with Gasteiger partial charge in [-0.1, -0.05) is 102 Å². The number of hydrogen-bond acceptors (Lipinski definition) is 1. The van der Waals surface area contributed by atoms with Crippen LogP contribution in [0.2, 0.25) is 0 Å². The summed E-state index contributed by atoms with van der Waals surface area (Å²) in [5.41, 5.74) is 3.63. The average Bonchev–Trinajstić information content (AvgIpc) is 2.96. The van der Waals surface area contributed by atoms with Crippen LogP contribution in [-0.2, 0) is 4.74 Å². The molecule has 0 bridgehead atoms. The lowest BCUT2D eigenvalue weighted by Gasteiger charge is -2.36. The average molecular weight is 539 g/mol. The molecule has 39 heavy (non-hydrogen) atoms. The number of rotatable bonds is 12. The fraction of sp³-hybridized carbons (Fsp3) is 0.895. The molecule has 0 atom stereocenters. The van der Waals surface area contributed by atoms with E-state index in [1.807, 2.05) is 11.1 Å². The summed E-state index contributed by atoms with van der Waals surface area (Å²) in [4.78, 5) is 0. The van der Waals surface area contributed by atoms with Gasteiger partial charge in [-0.15, -0.1) is 0 Å². The lowest BCUT2D eigenvalue weighted by atomic mass is 9.69. The van der Waals surface area contributed by atoms with Crippen molar-refractivity contribution in [1.29, 1.82) is 0 Å². The Balaban J connectivity index is 1.35. The summed E-state index contributed by atoms with van der Waals surface area (Å²) in [6, 6.07) is 0. The van der Waals surface area contributed by atoms with Crippen LogP contribution in [0.4, 0.5) is 0 Å². The lowest BCUT2D eigenvalue weighted by Crippen LogP contribution is -2.24. The third kappa shape index (κ3) is 9.75. The minimum Gasteiger partial charge on any atom is -0.373 e. The van der Waals surface area contributed by atoms with E-state index in [0.29, 0.717) is 0 Å². The topological polar surface area (TPSA) is 9.23 Å². The van der Waals surface area contributed by atoms with Crippen molar-refractivity contribution < 1.29 is 4.74 Å². The first kappa shape index (κ1) is 31.4. The molecule has 4 rings (SSSR count). The van der Waals surface area contributed by atoms with Gasteiger partial charge in [0.15, 0.2) is 0 Å². The molecule has 4 aliphatic carbocycles. The van der Waals surface area contributed by atoms with Gasteiger partial charge in [0.25, 0.3) is 0 Å². The van der Waals surface area contributed by atoms with Gasteiger partial charge in [0.1, 0.15) is 0 Å². The van der Waals surface area contributed by atoms with Gasteiger partial charge in [-0.05, 0) is 124 Å². The molecule has 1 nitrogen and oxygen atoms in total. The van der Waals surface area contributed by atoms with Crippen molar-refractivity contribution in [3.63, 3.8) is 0 Å². The molecule has 0 aromatic heterocycles. The third-order valence-electron chi connectivity index (χ3n) is 11.9. The first-order valence-electron chi connectivity index (χ1n) is 18.0. The van der Waals surface area contributed by atoms with Gasteiger partial charge in [0.05, 0.1) is 13.2 Å². The Morgan fingerprint density at radius 3 is 1.10 bits per heavy atom. The Morgan fingerprint density at radius 1 is 0.487 bits per heavy atom. The third-order valence-corrected chi connectivity index (χ3v) is 11.9. The lowest BCUT2D eigenvalue weighted by molar-refractivity contribution is 0.185. The smallest absolute Gasteiger partial charge is 0.0654 e. The van der Waals surface area contributed by atoms with Gasteiger partial charge in [-0.2, -0.15) is 0 Å². The Labute approximate surface area is 244 Å². The molecule has 224 valence electrons. The Hall–Kier alpha value is -0.560. The first-order chi connectivity index (χ1) is 19.1. The summed E-state index contributed by atoms with van der Waals surface area (Å²) in [5.74, 6) is 7.22. The molecule has 0 unspecified atom stereocenters. The number of allylic oxidation sites excluding steroid dienone is 2. The van der Waals surface area contributed by atoms with E-state index >= 15 is 0 Å². The van der Waals surface area contributed by atoms with Crippen molar-refractivity contribution >= 4 is 0 Å². The van der Waals surface area contributed by atoms with Crippen LogP contribution in [-0.4, -0.2) is 13.2 Å². The molecule has 0 aromatic carbocycles. The summed E-state index contributed by atoms with van der Waals surface area (Å²) in [6.45, 7) is 11.3. The SMILES string of the molecule is CCCC1CCC(C(=CCOCC=C(C2CCC(C)CC2)C2CCC(CCC)CC2)C2CCC(C)CC2)CC1. The zero-order valence-corrected chi connectivity index (χ0v) is 26.7. The van der Waals surface area contributed by atoms with Gasteiger partial charge >= 0.3 is 0 Å². The van der Waals surface area contributed by atoms with E-state index in [9.17, 15) is 0 Å². The molecule has 4 fully saturated rings. The van der Waals surface area contributed by atoms with E-state index in [1.165, 1.54) is 128 Å². The Kier molecular flexibility index (Phi) is 13.5. The highest BCUT2D eigenvalue weighted by Crippen LogP contribution is 2.44. The molecule has 0 radical (unpaired) electrons. The molecule has 0 aromatic rings. The van der Waals surface area contributed by atoms with Crippen molar-refractivity contribution in [2.45, 2.75) is 156 Å². The molecule has 1 heteroatoms. The van der Waals surface area contributed by atoms with Gasteiger partial charge < -0.3 is 4.74 Å². The predicted molar refractivity (Wildman–Crippen MR) is 170 cm³/mol. The quantitative estimate of drug-likeness (QED) is 0.177. The molecule has 0 N–H and O–H groups in total. The highest BCUT2D eigenvalue weighted by Gasteiger charge is 2.31. The summed E-state index contributed by atoms with van der Waals surface area (Å²) >= 11 is 0. The van der Waals surface area contributed by atoms with Gasteiger partial charge in [-0.25, -0.2) is 0 Å². The van der Waals surface area contributed by atoms with E-state index in [-0.39, 0.29) is 0 Å². The molecule has 4 saturated carbocycles. The van der Waals surface area contributed by atoms with E-state index in [1.54, 1.807) is 0 Å². The standard InChI is InChI=1S/C38H66O/c1-5-7-31-13-21-35(22-14-31)37(33-17-9-29(3)10-18-33)25-27-39-28-26-38(34-19-11-30(4)12-20-34)36-23-15-32(8-6-2)16-24-36/h25-26,29-36H,5-24,27-28H2,1-4H3. The zero-order chi connectivity index (χ0) is 27.5. The number of ether oxygens (including phenoxy) is 1. The van der Waals surface area contributed by atoms with Crippen LogP contribution in [0.3, 0.4) is 0 Å². The van der Waals surface area contributed by atoms with Gasteiger partial charge in [0.2, 0.25) is 0 Å². The molecular formula is C38H66O. The maximum Gasteiger partial charge on any atom is 0.0654 e. The molecular weight excluding hydrogens is 472 g/mol. The fourth-order valence-corrected chi connectivity index (χ4v) is 9.28. The number of hydrogen-bond donors (Lipinski definition) is 0. The molecule has 0 aliphatic heterocycles. The van der Waals surface area contributed by atoms with E-state index in [4.69, 9.17) is 4.74 Å². The highest BCUT2D eigenvalue weighted by atomic mass is 16.5. The minimum absolute atomic E-state index is 0.838. The van der Waals surface area contributed by atoms with E-state index in [0.717, 1.165) is 60.6 Å². The van der Waals surface area contributed by atoms with Crippen LogP contribution in [0.25, 0.3) is 0 Å². The van der Waals surface area contributed by atoms with Crippen molar-refractivity contribution in [3.05, 3.63) is 23.3 Å². The van der Waals surface area contributed by atoms with Crippen LogP contribution in [0.15, 0.2) is 23.3 Å².